The van der Waals surface area contributed by atoms with Gasteiger partial charge in [-0.15, -0.1) is 23.7 Å². The van der Waals surface area contributed by atoms with E-state index in [-0.39, 0.29) is 18.2 Å². The van der Waals surface area contributed by atoms with Crippen LogP contribution in [0.1, 0.15) is 10.4 Å². The van der Waals surface area contributed by atoms with Crippen LogP contribution >= 0.6 is 23.7 Å². The summed E-state index contributed by atoms with van der Waals surface area (Å²) in [6.45, 7) is -1.75. The maximum atomic E-state index is 12.8. The number of fused-ring (bicyclic) bond motifs is 3. The van der Waals surface area contributed by atoms with E-state index in [1.54, 1.807) is 6.07 Å². The van der Waals surface area contributed by atoms with Gasteiger partial charge in [0.1, 0.15) is 5.75 Å². The highest BCUT2D eigenvalue weighted by molar-refractivity contribution is 7.15. The van der Waals surface area contributed by atoms with Crippen molar-refractivity contribution in [3.05, 3.63) is 28.6 Å². The second-order valence-corrected chi connectivity index (χ2v) is 5.93. The van der Waals surface area contributed by atoms with E-state index in [9.17, 15) is 22.0 Å². The maximum absolute atomic E-state index is 12.8. The third-order valence-corrected chi connectivity index (χ3v) is 4.12. The van der Waals surface area contributed by atoms with Crippen molar-refractivity contribution in [1.82, 2.24) is 4.98 Å². The van der Waals surface area contributed by atoms with Gasteiger partial charge in [-0.2, -0.15) is 22.0 Å². The molecule has 0 unspecified atom stereocenters. The second-order valence-electron chi connectivity index (χ2n) is 4.81. The molecule has 10 heteroatoms. The molecule has 2 N–H and O–H groups in total. The van der Waals surface area contributed by atoms with Crippen LogP contribution in [-0.2, 0) is 6.42 Å². The smallest absolute Gasteiger partial charge is 0.456 e. The zero-order valence-electron chi connectivity index (χ0n) is 11.3. The number of rotatable bonds is 3. The molecule has 1 aliphatic rings. The number of ether oxygens (including phenoxy) is 1. The van der Waals surface area contributed by atoms with Crippen LogP contribution in [0.5, 0.6) is 5.75 Å². The Morgan fingerprint density at radius 2 is 1.91 bits per heavy atom. The fraction of sp³-hybridized carbons (Fsp3) is 0.308. The van der Waals surface area contributed by atoms with Crippen LogP contribution in [0.4, 0.5) is 27.1 Å². The highest BCUT2D eigenvalue weighted by Crippen LogP contribution is 2.42. The number of nitrogens with two attached hydrogens (primary N) is 1. The van der Waals surface area contributed by atoms with Crippen molar-refractivity contribution in [2.24, 2.45) is 0 Å². The molecule has 0 aliphatic heterocycles. The summed E-state index contributed by atoms with van der Waals surface area (Å²) < 4.78 is 66.5. The summed E-state index contributed by atoms with van der Waals surface area (Å²) in [5.74, 6) is -4.92. The second kappa shape index (κ2) is 5.79. The van der Waals surface area contributed by atoms with Crippen LogP contribution in [0.15, 0.2) is 18.2 Å². The van der Waals surface area contributed by atoms with E-state index in [0.717, 1.165) is 21.7 Å². The summed E-state index contributed by atoms with van der Waals surface area (Å²) >= 11 is 1.32. The van der Waals surface area contributed by atoms with Crippen LogP contribution < -0.4 is 10.5 Å². The molecule has 0 amide bonds. The summed E-state index contributed by atoms with van der Waals surface area (Å²) in [6.07, 6.45) is -5.12. The molecule has 1 aromatic heterocycles. The third-order valence-electron chi connectivity index (χ3n) is 3.23. The molecule has 0 saturated carbocycles. The molecule has 0 saturated heterocycles. The molecular weight excluding hydrogens is 363 g/mol. The first-order valence-corrected chi connectivity index (χ1v) is 6.95. The molecule has 1 aliphatic carbocycles. The van der Waals surface area contributed by atoms with Crippen LogP contribution in [0, 0.1) is 0 Å². The molecule has 126 valence electrons. The van der Waals surface area contributed by atoms with Gasteiger partial charge in [0.05, 0.1) is 5.69 Å². The number of aromatic nitrogens is 1. The van der Waals surface area contributed by atoms with Gasteiger partial charge in [0.25, 0.3) is 0 Å². The zero-order valence-corrected chi connectivity index (χ0v) is 12.9. The molecule has 3 rings (SSSR count). The minimum absolute atomic E-state index is 0. The highest BCUT2D eigenvalue weighted by atomic mass is 35.5. The summed E-state index contributed by atoms with van der Waals surface area (Å²) in [7, 11) is 0. The minimum Gasteiger partial charge on any atom is -0.487 e. The SMILES string of the molecule is Cl.Nc1nc2c(s1)Cc1cc(OCC(F)(F)C(F)(F)F)ccc1-2. The van der Waals surface area contributed by atoms with Gasteiger partial charge in [-0.05, 0) is 23.8 Å². The van der Waals surface area contributed by atoms with Gasteiger partial charge in [-0.25, -0.2) is 4.98 Å². The van der Waals surface area contributed by atoms with Crippen molar-refractivity contribution in [3.63, 3.8) is 0 Å². The van der Waals surface area contributed by atoms with Gasteiger partial charge >= 0.3 is 12.1 Å². The van der Waals surface area contributed by atoms with Gasteiger partial charge in [0, 0.05) is 16.9 Å². The van der Waals surface area contributed by atoms with E-state index >= 15 is 0 Å². The lowest BCUT2D eigenvalue weighted by atomic mass is 10.1. The fourth-order valence-corrected chi connectivity index (χ4v) is 3.04. The van der Waals surface area contributed by atoms with Crippen molar-refractivity contribution in [2.75, 3.05) is 12.3 Å². The number of anilines is 1. The largest absolute Gasteiger partial charge is 0.487 e. The lowest BCUT2D eigenvalue weighted by Crippen LogP contribution is -2.41. The Bertz CT molecular complexity index is 732. The predicted octanol–water partition coefficient (Wildman–Crippen LogP) is 4.29. The monoisotopic (exact) mass is 372 g/mol. The molecule has 2 aromatic rings. The van der Waals surface area contributed by atoms with Crippen molar-refractivity contribution in [1.29, 1.82) is 0 Å². The van der Waals surface area contributed by atoms with Gasteiger partial charge in [-0.1, -0.05) is 0 Å². The number of hydrogen-bond acceptors (Lipinski definition) is 4. The van der Waals surface area contributed by atoms with Crippen LogP contribution in [0.2, 0.25) is 0 Å². The molecule has 0 radical (unpaired) electrons. The number of halogens is 6. The quantitative estimate of drug-likeness (QED) is 0.697. The van der Waals surface area contributed by atoms with Crippen molar-refractivity contribution < 1.29 is 26.7 Å². The van der Waals surface area contributed by atoms with Crippen LogP contribution in [0.25, 0.3) is 11.3 Å². The van der Waals surface area contributed by atoms with Crippen LogP contribution in [0.3, 0.4) is 0 Å². The molecule has 0 fully saturated rings. The molecule has 1 heterocycles. The van der Waals surface area contributed by atoms with Gasteiger partial charge in [0.15, 0.2) is 11.7 Å². The lowest BCUT2D eigenvalue weighted by molar-refractivity contribution is -0.290. The average molecular weight is 373 g/mol. The first-order valence-electron chi connectivity index (χ1n) is 6.13. The number of thiazole rings is 1. The Hall–Kier alpha value is -1.61. The van der Waals surface area contributed by atoms with E-state index < -0.39 is 18.7 Å². The topological polar surface area (TPSA) is 48.1 Å². The molecule has 0 atom stereocenters. The highest BCUT2D eigenvalue weighted by Gasteiger charge is 2.58. The lowest BCUT2D eigenvalue weighted by Gasteiger charge is -2.20. The number of benzene rings is 1. The first-order chi connectivity index (χ1) is 10.2. The van der Waals surface area contributed by atoms with Crippen molar-refractivity contribution >= 4 is 28.9 Å². The fourth-order valence-electron chi connectivity index (χ4n) is 2.17. The molecule has 1 aromatic carbocycles. The van der Waals surface area contributed by atoms with E-state index in [1.807, 2.05) is 0 Å². The minimum atomic E-state index is -5.63. The first kappa shape index (κ1) is 17.7. The van der Waals surface area contributed by atoms with Crippen LogP contribution in [-0.4, -0.2) is 23.7 Å². The Morgan fingerprint density at radius 3 is 2.57 bits per heavy atom. The maximum Gasteiger partial charge on any atom is 0.456 e. The van der Waals surface area contributed by atoms with Gasteiger partial charge < -0.3 is 10.5 Å². The Morgan fingerprint density at radius 1 is 1.22 bits per heavy atom. The van der Waals surface area contributed by atoms with E-state index in [4.69, 9.17) is 5.73 Å². The Labute approximate surface area is 137 Å². The third kappa shape index (κ3) is 3.20. The van der Waals surface area contributed by atoms with E-state index in [0.29, 0.717) is 11.6 Å². The zero-order chi connectivity index (χ0) is 16.1. The number of nitrogen functional groups attached to an aromatic ring is 1. The van der Waals surface area contributed by atoms with Crippen molar-refractivity contribution in [3.8, 4) is 17.0 Å². The molecule has 0 bridgehead atoms. The van der Waals surface area contributed by atoms with Crippen molar-refractivity contribution in [2.45, 2.75) is 18.5 Å². The Balaban J connectivity index is 0.00000192. The standard InChI is InChI=1S/C13H9F5N2OS.ClH/c14-12(15,13(16,17)18)5-21-7-1-2-8-6(3-7)4-9-10(8)20-11(19)22-9;/h1-3H,4-5H2,(H2,19,20);1H. The summed E-state index contributed by atoms with van der Waals surface area (Å²) in [4.78, 5) is 5.10. The molecular formula is C13H10ClF5N2OS. The van der Waals surface area contributed by atoms with Gasteiger partial charge in [0.2, 0.25) is 0 Å². The number of alkyl halides is 5. The summed E-state index contributed by atoms with van der Waals surface area (Å²) in [6, 6.07) is 4.38. The average Bonchev–Trinajstić information content (AvgIpc) is 2.90. The summed E-state index contributed by atoms with van der Waals surface area (Å²) in [5, 5.41) is 0.431. The Kier molecular flexibility index (Phi) is 4.46. The summed E-state index contributed by atoms with van der Waals surface area (Å²) in [5.41, 5.74) is 7.89. The van der Waals surface area contributed by atoms with E-state index in [2.05, 4.69) is 9.72 Å². The number of nitrogens with zero attached hydrogens (tertiary/aromatic N) is 1. The van der Waals surface area contributed by atoms with E-state index in [1.165, 1.54) is 23.5 Å². The predicted molar refractivity (Wildman–Crippen MR) is 78.5 cm³/mol. The molecule has 0 spiro atoms. The normalized spacial score (nSPS) is 13.3. The number of hydrogen-bond donors (Lipinski definition) is 1. The van der Waals surface area contributed by atoms with Gasteiger partial charge in [-0.3, -0.25) is 0 Å². The molecule has 23 heavy (non-hydrogen) atoms. The molecule has 3 nitrogen and oxygen atoms in total.